The van der Waals surface area contributed by atoms with E-state index in [4.69, 9.17) is 0 Å². The smallest absolute Gasteiger partial charge is 0.0318 e. The summed E-state index contributed by atoms with van der Waals surface area (Å²) in [5.74, 6) is 0. The molecule has 0 bridgehead atoms. The van der Waals surface area contributed by atoms with E-state index in [9.17, 15) is 0 Å². The van der Waals surface area contributed by atoms with Crippen molar-refractivity contribution in [3.05, 3.63) is 11.1 Å². The van der Waals surface area contributed by atoms with Crippen LogP contribution in [0.4, 0.5) is 0 Å². The highest BCUT2D eigenvalue weighted by atomic mass is 14.1. The number of hydrogen-bond acceptors (Lipinski definition) is 0. The highest BCUT2D eigenvalue weighted by Gasteiger charge is 2.02. The first kappa shape index (κ1) is 15.7. The quantitative estimate of drug-likeness (QED) is 0.303. The molecule has 0 aliphatic carbocycles. The fraction of sp³-hybridized carbons (Fsp3) is 0.875. The fourth-order valence-electron chi connectivity index (χ4n) is 2.15. The Kier molecular flexibility index (Phi) is 11.0. The average Bonchev–Trinajstić information content (AvgIpc) is 2.29. The lowest BCUT2D eigenvalue weighted by Gasteiger charge is -2.12. The van der Waals surface area contributed by atoms with E-state index < -0.39 is 0 Å². The van der Waals surface area contributed by atoms with Gasteiger partial charge in [0.25, 0.3) is 0 Å². The summed E-state index contributed by atoms with van der Waals surface area (Å²) in [5, 5.41) is 0. The molecule has 96 valence electrons. The van der Waals surface area contributed by atoms with Gasteiger partial charge in [0, 0.05) is 0 Å². The van der Waals surface area contributed by atoms with Gasteiger partial charge in [-0.3, -0.25) is 0 Å². The highest BCUT2D eigenvalue weighted by Crippen LogP contribution is 2.22. The van der Waals surface area contributed by atoms with Gasteiger partial charge in [0.2, 0.25) is 0 Å². The van der Waals surface area contributed by atoms with Crippen LogP contribution in [-0.4, -0.2) is 0 Å². The molecular weight excluding hydrogens is 192 g/mol. The Morgan fingerprint density at radius 3 is 1.56 bits per heavy atom. The van der Waals surface area contributed by atoms with Crippen molar-refractivity contribution in [1.29, 1.82) is 0 Å². The molecule has 0 unspecified atom stereocenters. The van der Waals surface area contributed by atoms with E-state index in [1.54, 1.807) is 11.1 Å². The minimum absolute atomic E-state index is 1.33. The first-order valence-corrected chi connectivity index (χ1v) is 7.43. The molecule has 0 saturated heterocycles. The Bertz CT molecular complexity index is 166. The van der Waals surface area contributed by atoms with Gasteiger partial charge < -0.3 is 0 Å². The predicted octanol–water partition coefficient (Wildman–Crippen LogP) is 6.26. The maximum Gasteiger partial charge on any atom is -0.0318 e. The Balaban J connectivity index is 4.12. The number of unbranched alkanes of at least 4 members (excludes halogenated alkanes) is 4. The van der Waals surface area contributed by atoms with Crippen LogP contribution in [0.5, 0.6) is 0 Å². The Labute approximate surface area is 104 Å². The van der Waals surface area contributed by atoms with Gasteiger partial charge in [0.05, 0.1) is 0 Å². The van der Waals surface area contributed by atoms with Crippen LogP contribution >= 0.6 is 0 Å². The van der Waals surface area contributed by atoms with Crippen LogP contribution in [-0.2, 0) is 0 Å². The molecule has 0 aromatic rings. The molecule has 0 radical (unpaired) electrons. The van der Waals surface area contributed by atoms with Crippen molar-refractivity contribution in [2.75, 3.05) is 0 Å². The lowest BCUT2D eigenvalue weighted by atomic mass is 9.95. The summed E-state index contributed by atoms with van der Waals surface area (Å²) < 4.78 is 0. The predicted molar refractivity (Wildman–Crippen MR) is 75.9 cm³/mol. The van der Waals surface area contributed by atoms with Crippen LogP contribution in [0.25, 0.3) is 0 Å². The summed E-state index contributed by atoms with van der Waals surface area (Å²) in [6.07, 6.45) is 13.6. The third-order valence-corrected chi connectivity index (χ3v) is 3.42. The lowest BCUT2D eigenvalue weighted by molar-refractivity contribution is 0.672. The van der Waals surface area contributed by atoms with E-state index in [-0.39, 0.29) is 0 Å². The molecule has 0 N–H and O–H groups in total. The first-order valence-electron chi connectivity index (χ1n) is 7.43. The summed E-state index contributed by atoms with van der Waals surface area (Å²) in [5.41, 5.74) is 3.48. The largest absolute Gasteiger partial charge is 0.0741 e. The van der Waals surface area contributed by atoms with Gasteiger partial charge in [0.15, 0.2) is 0 Å². The van der Waals surface area contributed by atoms with Gasteiger partial charge in [-0.15, -0.1) is 0 Å². The molecule has 16 heavy (non-hydrogen) atoms. The molecule has 0 fully saturated rings. The van der Waals surface area contributed by atoms with E-state index in [0.29, 0.717) is 0 Å². The molecule has 0 aromatic heterocycles. The summed E-state index contributed by atoms with van der Waals surface area (Å²) in [6, 6.07) is 0. The minimum atomic E-state index is 1.33. The summed E-state index contributed by atoms with van der Waals surface area (Å²) in [7, 11) is 0. The third kappa shape index (κ3) is 7.96. The molecule has 0 aliphatic heterocycles. The topological polar surface area (TPSA) is 0 Å². The second kappa shape index (κ2) is 11.2. The molecular formula is C16H32. The van der Waals surface area contributed by atoms with Gasteiger partial charge in [0.1, 0.15) is 0 Å². The zero-order chi connectivity index (χ0) is 12.2. The third-order valence-electron chi connectivity index (χ3n) is 3.42. The van der Waals surface area contributed by atoms with Gasteiger partial charge in [-0.1, -0.05) is 57.6 Å². The van der Waals surface area contributed by atoms with Crippen LogP contribution in [0.3, 0.4) is 0 Å². The molecule has 0 heteroatoms. The lowest BCUT2D eigenvalue weighted by Crippen LogP contribution is -1.92. The van der Waals surface area contributed by atoms with E-state index in [1.165, 1.54) is 64.2 Å². The van der Waals surface area contributed by atoms with E-state index >= 15 is 0 Å². The van der Waals surface area contributed by atoms with Crippen molar-refractivity contribution < 1.29 is 0 Å². The number of allylic oxidation sites excluding steroid dienone is 2. The van der Waals surface area contributed by atoms with E-state index in [2.05, 4.69) is 27.7 Å². The molecule has 0 saturated carbocycles. The van der Waals surface area contributed by atoms with Crippen molar-refractivity contribution in [3.8, 4) is 0 Å². The van der Waals surface area contributed by atoms with Crippen LogP contribution in [0.2, 0.25) is 0 Å². The molecule has 0 nitrogen and oxygen atoms in total. The Morgan fingerprint density at radius 2 is 1.12 bits per heavy atom. The number of hydrogen-bond donors (Lipinski definition) is 0. The average molecular weight is 224 g/mol. The minimum Gasteiger partial charge on any atom is -0.0741 e. The standard InChI is InChI=1S/C16H32/c1-5-8-11-12-15(4)16(13-9-6-2)14-10-7-3/h5-14H2,1-4H3. The molecule has 0 aliphatic rings. The van der Waals surface area contributed by atoms with Gasteiger partial charge >= 0.3 is 0 Å². The Morgan fingerprint density at radius 1 is 0.625 bits per heavy atom. The molecule has 0 rings (SSSR count). The van der Waals surface area contributed by atoms with Crippen LogP contribution < -0.4 is 0 Å². The van der Waals surface area contributed by atoms with Crippen molar-refractivity contribution in [2.45, 2.75) is 91.9 Å². The zero-order valence-electron chi connectivity index (χ0n) is 12.1. The fourth-order valence-corrected chi connectivity index (χ4v) is 2.15. The second-order valence-electron chi connectivity index (χ2n) is 5.05. The van der Waals surface area contributed by atoms with Crippen molar-refractivity contribution >= 4 is 0 Å². The van der Waals surface area contributed by atoms with Gasteiger partial charge in [-0.25, -0.2) is 0 Å². The first-order chi connectivity index (χ1) is 7.76. The maximum atomic E-state index is 2.37. The molecule has 0 spiro atoms. The van der Waals surface area contributed by atoms with Crippen LogP contribution in [0.1, 0.15) is 91.9 Å². The van der Waals surface area contributed by atoms with E-state index in [1.807, 2.05) is 0 Å². The Hall–Kier alpha value is -0.260. The van der Waals surface area contributed by atoms with Crippen molar-refractivity contribution in [2.24, 2.45) is 0 Å². The second-order valence-corrected chi connectivity index (χ2v) is 5.05. The van der Waals surface area contributed by atoms with E-state index in [0.717, 1.165) is 0 Å². The molecule has 0 aromatic carbocycles. The highest BCUT2D eigenvalue weighted by molar-refractivity contribution is 5.12. The van der Waals surface area contributed by atoms with Crippen molar-refractivity contribution in [3.63, 3.8) is 0 Å². The normalized spacial score (nSPS) is 10.5. The monoisotopic (exact) mass is 224 g/mol. The number of rotatable bonds is 10. The summed E-state index contributed by atoms with van der Waals surface area (Å²) >= 11 is 0. The SMILES string of the molecule is CCCCCC(C)=C(CCCC)CCCC. The molecule has 0 atom stereocenters. The molecule has 0 amide bonds. The summed E-state index contributed by atoms with van der Waals surface area (Å²) in [4.78, 5) is 0. The van der Waals surface area contributed by atoms with Crippen LogP contribution in [0, 0.1) is 0 Å². The van der Waals surface area contributed by atoms with Gasteiger partial charge in [-0.2, -0.15) is 0 Å². The maximum absolute atomic E-state index is 2.37. The van der Waals surface area contributed by atoms with Crippen molar-refractivity contribution in [1.82, 2.24) is 0 Å². The van der Waals surface area contributed by atoms with Crippen LogP contribution in [0.15, 0.2) is 11.1 Å². The summed E-state index contributed by atoms with van der Waals surface area (Å²) in [6.45, 7) is 9.25. The zero-order valence-corrected chi connectivity index (χ0v) is 12.1. The van der Waals surface area contributed by atoms with Gasteiger partial charge in [-0.05, 0) is 45.4 Å². The molecule has 0 heterocycles.